The Kier molecular flexibility index (Phi) is 5.08. The molecule has 4 aliphatic rings. The average Bonchev–Trinajstić information content (AvgIpc) is 2.82. The number of methoxy groups -OCH3 is 1. The van der Waals surface area contributed by atoms with E-state index in [2.05, 4.69) is 12.2 Å². The fraction of sp³-hybridized carbons (Fsp3) is 0.652. The molecule has 1 N–H and O–H groups in total. The zero-order chi connectivity index (χ0) is 21.1. The molecule has 0 saturated carbocycles. The van der Waals surface area contributed by atoms with Gasteiger partial charge in [-0.1, -0.05) is 25.2 Å². The van der Waals surface area contributed by atoms with E-state index in [1.54, 1.807) is 6.92 Å². The second-order valence-electron chi connectivity index (χ2n) is 8.95. The third kappa shape index (κ3) is 2.95. The molecule has 158 valence electrons. The minimum absolute atomic E-state index is 0.00422. The lowest BCUT2D eigenvalue weighted by molar-refractivity contribution is -0.171. The first-order valence-corrected chi connectivity index (χ1v) is 10.4. The summed E-state index contributed by atoms with van der Waals surface area (Å²) in [5, 5.41) is 10.2. The normalized spacial score (nSPS) is 46.9. The third-order valence-corrected chi connectivity index (χ3v) is 7.15. The molecule has 1 spiro atoms. The van der Waals surface area contributed by atoms with E-state index >= 15 is 0 Å². The summed E-state index contributed by atoms with van der Waals surface area (Å²) >= 11 is 0. The van der Waals surface area contributed by atoms with Gasteiger partial charge < -0.3 is 19.3 Å². The number of Topliss-reactive ketones (excluding diaryl/α,β-unsaturated/α-hetero) is 1. The van der Waals surface area contributed by atoms with Crippen LogP contribution in [0.3, 0.4) is 0 Å². The number of hydrogen-bond donors (Lipinski definition) is 1. The quantitative estimate of drug-likeness (QED) is 0.564. The molecule has 1 fully saturated rings. The van der Waals surface area contributed by atoms with Crippen molar-refractivity contribution in [3.8, 4) is 0 Å². The molecule has 29 heavy (non-hydrogen) atoms. The molecule has 4 rings (SSSR count). The largest absolute Gasteiger partial charge is 0.457 e. The first-order valence-electron chi connectivity index (χ1n) is 10.4. The van der Waals surface area contributed by atoms with E-state index < -0.39 is 29.9 Å². The van der Waals surface area contributed by atoms with Crippen molar-refractivity contribution < 1.29 is 28.9 Å². The van der Waals surface area contributed by atoms with E-state index in [0.717, 1.165) is 11.1 Å². The number of cyclic esters (lactones) is 1. The number of esters is 1. The molecule has 0 aromatic heterocycles. The topological polar surface area (TPSA) is 82.1 Å². The maximum Gasteiger partial charge on any atom is 0.335 e. The number of carbonyl (C=O) groups excluding carboxylic acids is 2. The Labute approximate surface area is 171 Å². The number of hydrogen-bond acceptors (Lipinski definition) is 6. The number of ketones is 1. The predicted molar refractivity (Wildman–Crippen MR) is 106 cm³/mol. The summed E-state index contributed by atoms with van der Waals surface area (Å²) < 4.78 is 17.8. The second-order valence-corrected chi connectivity index (χ2v) is 8.95. The Morgan fingerprint density at radius 2 is 1.97 bits per heavy atom. The standard InChI is InChI=1S/C23H30O6/c1-11-9-17-16-7-6-15-10-18(27-5)22(26)28-21(14(4)24)12(2)8-13(3)23(15,29-17)19(16)20(11)25/h6-9,12,14-19,21,24H,10H2,1-5H3/b13-8+/t12-,14?,15-,16+,17+,18+,19+,21+,23+/m1/s1. The maximum atomic E-state index is 13.2. The van der Waals surface area contributed by atoms with Crippen LogP contribution in [0.4, 0.5) is 0 Å². The van der Waals surface area contributed by atoms with Crippen molar-refractivity contribution in [3.63, 3.8) is 0 Å². The molecular weight excluding hydrogens is 372 g/mol. The molecular formula is C23H30O6. The van der Waals surface area contributed by atoms with Gasteiger partial charge in [0.25, 0.3) is 0 Å². The highest BCUT2D eigenvalue weighted by Gasteiger charge is 2.64. The Balaban J connectivity index is 1.87. The first-order chi connectivity index (χ1) is 13.7. The number of aliphatic hydroxyl groups excluding tert-OH is 1. The number of rotatable bonds is 2. The van der Waals surface area contributed by atoms with Gasteiger partial charge in [0.1, 0.15) is 11.7 Å². The highest BCUT2D eigenvalue weighted by molar-refractivity contribution is 6.00. The van der Waals surface area contributed by atoms with E-state index in [-0.39, 0.29) is 35.6 Å². The summed E-state index contributed by atoms with van der Waals surface area (Å²) in [5.41, 5.74) is 0.873. The Morgan fingerprint density at radius 3 is 2.62 bits per heavy atom. The Bertz CT molecular complexity index is 808. The molecule has 0 radical (unpaired) electrons. The smallest absolute Gasteiger partial charge is 0.335 e. The number of carbonyl (C=O) groups is 2. The first kappa shape index (κ1) is 20.5. The summed E-state index contributed by atoms with van der Waals surface area (Å²) in [7, 11) is 1.48. The van der Waals surface area contributed by atoms with Crippen LogP contribution in [0.2, 0.25) is 0 Å². The molecule has 4 bridgehead atoms. The Morgan fingerprint density at radius 1 is 1.24 bits per heavy atom. The fourth-order valence-electron chi connectivity index (χ4n) is 5.76. The zero-order valence-electron chi connectivity index (χ0n) is 17.6. The summed E-state index contributed by atoms with van der Waals surface area (Å²) in [4.78, 5) is 26.0. The Hall–Kier alpha value is -1.76. The van der Waals surface area contributed by atoms with Crippen molar-refractivity contribution in [2.24, 2.45) is 23.7 Å². The van der Waals surface area contributed by atoms with Crippen LogP contribution in [-0.2, 0) is 23.8 Å². The van der Waals surface area contributed by atoms with Gasteiger partial charge in [0.2, 0.25) is 0 Å². The van der Waals surface area contributed by atoms with Crippen LogP contribution >= 0.6 is 0 Å². The van der Waals surface area contributed by atoms with E-state index in [4.69, 9.17) is 14.2 Å². The minimum atomic E-state index is -0.837. The molecule has 2 heterocycles. The van der Waals surface area contributed by atoms with Gasteiger partial charge in [-0.15, -0.1) is 0 Å². The lowest BCUT2D eigenvalue weighted by atomic mass is 9.60. The number of aliphatic hydroxyl groups is 1. The number of ether oxygens (including phenoxy) is 3. The summed E-state index contributed by atoms with van der Waals surface area (Å²) in [5.74, 6) is -1.13. The second kappa shape index (κ2) is 7.18. The van der Waals surface area contributed by atoms with Gasteiger partial charge in [0.05, 0.1) is 18.1 Å². The maximum absolute atomic E-state index is 13.2. The van der Waals surface area contributed by atoms with Crippen LogP contribution in [-0.4, -0.2) is 54.0 Å². The fourth-order valence-corrected chi connectivity index (χ4v) is 5.76. The summed E-state index contributed by atoms with van der Waals surface area (Å²) in [6.45, 7) is 7.36. The lowest BCUT2D eigenvalue weighted by Gasteiger charge is -2.45. The van der Waals surface area contributed by atoms with Crippen molar-refractivity contribution in [3.05, 3.63) is 35.5 Å². The highest BCUT2D eigenvalue weighted by atomic mass is 16.6. The molecule has 1 saturated heterocycles. The van der Waals surface area contributed by atoms with Gasteiger partial charge in [0, 0.05) is 24.9 Å². The molecule has 0 aromatic carbocycles. The van der Waals surface area contributed by atoms with E-state index in [1.165, 1.54) is 7.11 Å². The van der Waals surface area contributed by atoms with E-state index in [0.29, 0.717) is 6.42 Å². The number of allylic oxidation sites excluding steroid dienone is 1. The predicted octanol–water partition coefficient (Wildman–Crippen LogP) is 2.37. The van der Waals surface area contributed by atoms with Crippen molar-refractivity contribution in [2.75, 3.05) is 7.11 Å². The van der Waals surface area contributed by atoms with Crippen molar-refractivity contribution in [2.45, 2.75) is 64.1 Å². The van der Waals surface area contributed by atoms with Crippen molar-refractivity contribution in [1.29, 1.82) is 0 Å². The van der Waals surface area contributed by atoms with Crippen LogP contribution in [0, 0.1) is 23.7 Å². The summed E-state index contributed by atoms with van der Waals surface area (Å²) in [6.07, 6.45) is 5.95. The van der Waals surface area contributed by atoms with Gasteiger partial charge in [-0.05, 0) is 44.4 Å². The van der Waals surface area contributed by atoms with Crippen LogP contribution in [0.25, 0.3) is 0 Å². The average molecular weight is 402 g/mol. The van der Waals surface area contributed by atoms with Gasteiger partial charge in [-0.2, -0.15) is 0 Å². The van der Waals surface area contributed by atoms with Crippen LogP contribution < -0.4 is 0 Å². The van der Waals surface area contributed by atoms with E-state index in [1.807, 2.05) is 32.9 Å². The van der Waals surface area contributed by atoms with Gasteiger partial charge in [-0.25, -0.2) is 4.79 Å². The molecule has 0 amide bonds. The minimum Gasteiger partial charge on any atom is -0.457 e. The molecule has 1 unspecified atom stereocenters. The molecule has 0 aromatic rings. The molecule has 6 heteroatoms. The molecule has 6 nitrogen and oxygen atoms in total. The SMILES string of the molecule is CO[C@H]1C[C@H]2C=C[C@H]3[C@@H]4C=C(C)C(=O)[C@H]3[C@]2(O4)/C(C)=C/[C@@H](C)[C@@H](C(C)O)OC1=O. The van der Waals surface area contributed by atoms with Crippen LogP contribution in [0.5, 0.6) is 0 Å². The van der Waals surface area contributed by atoms with Crippen molar-refractivity contribution in [1.82, 2.24) is 0 Å². The van der Waals surface area contributed by atoms with E-state index in [9.17, 15) is 14.7 Å². The van der Waals surface area contributed by atoms with Crippen molar-refractivity contribution >= 4 is 11.8 Å². The van der Waals surface area contributed by atoms with Crippen LogP contribution in [0.15, 0.2) is 35.5 Å². The molecule has 2 aliphatic carbocycles. The lowest BCUT2D eigenvalue weighted by Crippen LogP contribution is -2.52. The van der Waals surface area contributed by atoms with Gasteiger partial charge in [0.15, 0.2) is 11.9 Å². The molecule has 9 atom stereocenters. The summed E-state index contributed by atoms with van der Waals surface area (Å²) in [6, 6.07) is 0. The highest BCUT2D eigenvalue weighted by Crippen LogP contribution is 2.58. The van der Waals surface area contributed by atoms with Gasteiger partial charge >= 0.3 is 5.97 Å². The zero-order valence-corrected chi connectivity index (χ0v) is 17.6. The third-order valence-electron chi connectivity index (χ3n) is 7.15. The molecule has 2 aliphatic heterocycles. The van der Waals surface area contributed by atoms with Gasteiger partial charge in [-0.3, -0.25) is 4.79 Å². The van der Waals surface area contributed by atoms with Crippen LogP contribution in [0.1, 0.15) is 34.1 Å². The monoisotopic (exact) mass is 402 g/mol.